The van der Waals surface area contributed by atoms with Crippen LogP contribution in [0.15, 0.2) is 41.3 Å². The van der Waals surface area contributed by atoms with E-state index in [-0.39, 0.29) is 28.3 Å². The summed E-state index contributed by atoms with van der Waals surface area (Å²) >= 11 is 0. The van der Waals surface area contributed by atoms with Crippen molar-refractivity contribution in [1.82, 2.24) is 4.72 Å². The minimum atomic E-state index is -3.90. The van der Waals surface area contributed by atoms with E-state index in [2.05, 4.69) is 4.72 Å². The molecule has 3 N–H and O–H groups in total. The van der Waals surface area contributed by atoms with E-state index in [0.29, 0.717) is 0 Å². The summed E-state index contributed by atoms with van der Waals surface area (Å²) < 4.78 is 53.4. The van der Waals surface area contributed by atoms with Gasteiger partial charge in [0.25, 0.3) is 0 Å². The van der Waals surface area contributed by atoms with E-state index in [1.165, 1.54) is 31.2 Å². The summed E-state index contributed by atoms with van der Waals surface area (Å²) in [7, 11) is -3.90. The van der Waals surface area contributed by atoms with Gasteiger partial charge in [0.1, 0.15) is 11.6 Å². The van der Waals surface area contributed by atoms with Crippen molar-refractivity contribution in [2.24, 2.45) is 0 Å². The van der Waals surface area contributed by atoms with Crippen LogP contribution in [0.4, 0.5) is 14.5 Å². The van der Waals surface area contributed by atoms with Crippen LogP contribution in [0.1, 0.15) is 11.1 Å². The average molecular weight is 312 g/mol. The van der Waals surface area contributed by atoms with Crippen LogP contribution in [0.2, 0.25) is 0 Å². The van der Waals surface area contributed by atoms with Gasteiger partial charge in [0.05, 0.1) is 10.6 Å². The van der Waals surface area contributed by atoms with Crippen molar-refractivity contribution in [3.63, 3.8) is 0 Å². The molecule has 0 bridgehead atoms. The van der Waals surface area contributed by atoms with E-state index < -0.39 is 21.7 Å². The molecule has 0 spiro atoms. The maximum Gasteiger partial charge on any atom is 0.240 e. The summed E-state index contributed by atoms with van der Waals surface area (Å²) in [6.45, 7) is 1.22. The second kappa shape index (κ2) is 5.79. The van der Waals surface area contributed by atoms with Crippen LogP contribution < -0.4 is 10.5 Å². The van der Waals surface area contributed by atoms with Gasteiger partial charge < -0.3 is 5.73 Å². The molecule has 0 atom stereocenters. The van der Waals surface area contributed by atoms with Crippen LogP contribution in [-0.2, 0) is 16.6 Å². The van der Waals surface area contributed by atoms with Gasteiger partial charge in [-0.05, 0) is 30.7 Å². The lowest BCUT2D eigenvalue weighted by Crippen LogP contribution is -2.24. The first kappa shape index (κ1) is 15.4. The number of benzene rings is 2. The Labute approximate surface area is 121 Å². The van der Waals surface area contributed by atoms with Crippen molar-refractivity contribution in [3.05, 3.63) is 59.2 Å². The number of nitrogens with two attached hydrogens (primary N) is 1. The molecule has 0 aliphatic heterocycles. The lowest BCUT2D eigenvalue weighted by atomic mass is 10.2. The maximum atomic E-state index is 13.4. The van der Waals surface area contributed by atoms with Crippen molar-refractivity contribution in [1.29, 1.82) is 0 Å². The fourth-order valence-corrected chi connectivity index (χ4v) is 2.94. The van der Waals surface area contributed by atoms with Crippen molar-refractivity contribution < 1.29 is 17.2 Å². The van der Waals surface area contributed by atoms with Gasteiger partial charge in [-0.1, -0.05) is 18.2 Å². The van der Waals surface area contributed by atoms with Crippen LogP contribution in [0, 0.1) is 18.6 Å². The first-order valence-electron chi connectivity index (χ1n) is 6.10. The molecule has 0 saturated carbocycles. The Morgan fingerprint density at radius 2 is 1.86 bits per heavy atom. The van der Waals surface area contributed by atoms with E-state index >= 15 is 0 Å². The molecule has 0 amide bonds. The molecule has 0 fully saturated rings. The van der Waals surface area contributed by atoms with Crippen molar-refractivity contribution in [2.75, 3.05) is 5.73 Å². The number of hydrogen-bond donors (Lipinski definition) is 2. The Morgan fingerprint density at radius 1 is 1.19 bits per heavy atom. The number of nitrogens with one attached hydrogen (secondary N) is 1. The number of anilines is 1. The Hall–Kier alpha value is -1.99. The minimum absolute atomic E-state index is 0.126. The summed E-state index contributed by atoms with van der Waals surface area (Å²) in [6.07, 6.45) is 0. The zero-order chi connectivity index (χ0) is 15.6. The molecule has 112 valence electrons. The molecule has 2 rings (SSSR count). The number of hydrogen-bond acceptors (Lipinski definition) is 3. The molecule has 2 aromatic carbocycles. The molecule has 2 aromatic rings. The third-order valence-corrected chi connectivity index (χ3v) is 4.36. The van der Waals surface area contributed by atoms with E-state index in [1.807, 2.05) is 0 Å². The van der Waals surface area contributed by atoms with Gasteiger partial charge in [0.2, 0.25) is 10.0 Å². The van der Waals surface area contributed by atoms with E-state index in [9.17, 15) is 17.2 Å². The zero-order valence-electron chi connectivity index (χ0n) is 11.2. The Balaban J connectivity index is 2.25. The molecular weight excluding hydrogens is 298 g/mol. The van der Waals surface area contributed by atoms with Crippen LogP contribution in [0.25, 0.3) is 0 Å². The van der Waals surface area contributed by atoms with Crippen LogP contribution in [0.3, 0.4) is 0 Å². The topological polar surface area (TPSA) is 72.2 Å². The lowest BCUT2D eigenvalue weighted by Gasteiger charge is -2.10. The normalized spacial score (nSPS) is 11.6. The first-order valence-corrected chi connectivity index (χ1v) is 7.58. The minimum Gasteiger partial charge on any atom is -0.396 e. The highest BCUT2D eigenvalue weighted by molar-refractivity contribution is 7.89. The Kier molecular flexibility index (Phi) is 4.24. The summed E-state index contributed by atoms with van der Waals surface area (Å²) in [5.74, 6) is -1.15. The van der Waals surface area contributed by atoms with E-state index in [1.54, 1.807) is 6.07 Å². The summed E-state index contributed by atoms with van der Waals surface area (Å²) in [5, 5.41) is 0. The lowest BCUT2D eigenvalue weighted by molar-refractivity contribution is 0.573. The number of halogens is 2. The first-order chi connectivity index (χ1) is 9.81. The monoisotopic (exact) mass is 312 g/mol. The van der Waals surface area contributed by atoms with Crippen molar-refractivity contribution in [2.45, 2.75) is 18.4 Å². The third kappa shape index (κ3) is 3.37. The highest BCUT2D eigenvalue weighted by Crippen LogP contribution is 2.21. The SMILES string of the molecule is Cc1cc(S(=O)(=O)NCc2ccccc2F)cc(N)c1F. The fourth-order valence-electron chi connectivity index (χ4n) is 1.82. The van der Waals surface area contributed by atoms with Gasteiger partial charge >= 0.3 is 0 Å². The second-order valence-corrected chi connectivity index (χ2v) is 6.33. The Morgan fingerprint density at radius 3 is 2.48 bits per heavy atom. The fraction of sp³-hybridized carbons (Fsp3) is 0.143. The summed E-state index contributed by atoms with van der Waals surface area (Å²) in [5.41, 5.74) is 5.52. The molecular formula is C14H14F2N2O2S. The van der Waals surface area contributed by atoms with Gasteiger partial charge in [0, 0.05) is 12.1 Å². The predicted octanol–water partition coefficient (Wildman–Crippen LogP) is 2.33. The molecule has 0 aliphatic carbocycles. The zero-order valence-corrected chi connectivity index (χ0v) is 12.0. The van der Waals surface area contributed by atoms with Gasteiger partial charge in [-0.3, -0.25) is 0 Å². The molecule has 0 aliphatic rings. The van der Waals surface area contributed by atoms with Crippen LogP contribution in [0.5, 0.6) is 0 Å². The van der Waals surface area contributed by atoms with Crippen molar-refractivity contribution in [3.8, 4) is 0 Å². The Bertz CT molecular complexity index is 753. The summed E-state index contributed by atoms with van der Waals surface area (Å²) in [6, 6.07) is 8.04. The highest BCUT2D eigenvalue weighted by atomic mass is 32.2. The molecule has 7 heteroatoms. The molecule has 0 saturated heterocycles. The van der Waals surface area contributed by atoms with Gasteiger partial charge in [-0.2, -0.15) is 0 Å². The molecule has 0 radical (unpaired) electrons. The third-order valence-electron chi connectivity index (χ3n) is 2.98. The van der Waals surface area contributed by atoms with Crippen LogP contribution in [-0.4, -0.2) is 8.42 Å². The van der Waals surface area contributed by atoms with Gasteiger partial charge in [-0.25, -0.2) is 21.9 Å². The predicted molar refractivity (Wildman–Crippen MR) is 76.0 cm³/mol. The molecule has 21 heavy (non-hydrogen) atoms. The highest BCUT2D eigenvalue weighted by Gasteiger charge is 2.17. The smallest absolute Gasteiger partial charge is 0.240 e. The van der Waals surface area contributed by atoms with Crippen molar-refractivity contribution >= 4 is 15.7 Å². The molecule has 0 unspecified atom stereocenters. The standard InChI is InChI=1S/C14H14F2N2O2S/c1-9-6-11(7-13(17)14(9)16)21(19,20)18-8-10-4-2-3-5-12(10)15/h2-7,18H,8,17H2,1H3. The quantitative estimate of drug-likeness (QED) is 0.851. The second-order valence-electron chi connectivity index (χ2n) is 4.56. The number of rotatable bonds is 4. The number of sulfonamides is 1. The number of nitrogen functional groups attached to an aromatic ring is 1. The van der Waals surface area contributed by atoms with Gasteiger partial charge in [-0.15, -0.1) is 0 Å². The number of aryl methyl sites for hydroxylation is 1. The van der Waals surface area contributed by atoms with E-state index in [0.717, 1.165) is 6.07 Å². The molecule has 0 aromatic heterocycles. The average Bonchev–Trinajstić information content (AvgIpc) is 2.43. The summed E-state index contributed by atoms with van der Waals surface area (Å²) in [4.78, 5) is -0.157. The molecule has 4 nitrogen and oxygen atoms in total. The largest absolute Gasteiger partial charge is 0.396 e. The van der Waals surface area contributed by atoms with Crippen LogP contribution >= 0.6 is 0 Å². The van der Waals surface area contributed by atoms with Gasteiger partial charge in [0.15, 0.2) is 0 Å². The van der Waals surface area contributed by atoms with E-state index in [4.69, 9.17) is 5.73 Å². The maximum absolute atomic E-state index is 13.4. The molecule has 0 heterocycles.